The van der Waals surface area contributed by atoms with Crippen molar-refractivity contribution in [2.45, 2.75) is 25.7 Å². The van der Waals surface area contributed by atoms with Crippen LogP contribution in [0, 0.1) is 0 Å². The average molecular weight is 311 g/mol. The number of rotatable bonds is 3. The molecule has 0 radical (unpaired) electrons. The highest BCUT2D eigenvalue weighted by Crippen LogP contribution is 2.22. The van der Waals surface area contributed by atoms with Crippen molar-refractivity contribution in [3.63, 3.8) is 0 Å². The van der Waals surface area contributed by atoms with E-state index < -0.39 is 0 Å². The molecule has 3 N–H and O–H groups in total. The van der Waals surface area contributed by atoms with Crippen LogP contribution in [0.1, 0.15) is 36.2 Å². The maximum atomic E-state index is 12.2. The van der Waals surface area contributed by atoms with Crippen LogP contribution in [0.2, 0.25) is 0 Å². The minimum absolute atomic E-state index is 0.131. The number of nitrogen functional groups attached to an aromatic ring is 1. The molecule has 0 spiro atoms. The monoisotopic (exact) mass is 311 g/mol. The van der Waals surface area contributed by atoms with Crippen LogP contribution in [0.25, 0.3) is 0 Å². The molecule has 6 nitrogen and oxygen atoms in total. The topological polar surface area (TPSA) is 84.1 Å². The minimum Gasteiger partial charge on any atom is -0.382 e. The quantitative estimate of drug-likeness (QED) is 0.910. The van der Waals surface area contributed by atoms with E-state index in [9.17, 15) is 4.79 Å². The lowest BCUT2D eigenvalue weighted by Crippen LogP contribution is -2.23. The molecular weight excluding hydrogens is 290 g/mol. The van der Waals surface area contributed by atoms with Crippen molar-refractivity contribution < 1.29 is 4.79 Å². The van der Waals surface area contributed by atoms with Gasteiger partial charge in [0.15, 0.2) is 11.5 Å². The van der Waals surface area contributed by atoms with E-state index in [4.69, 9.17) is 5.73 Å². The van der Waals surface area contributed by atoms with Gasteiger partial charge in [-0.2, -0.15) is 0 Å². The molecule has 120 valence electrons. The lowest BCUT2D eigenvalue weighted by Gasteiger charge is -2.22. The maximum absolute atomic E-state index is 12.2. The first-order chi connectivity index (χ1) is 11.2. The summed E-state index contributed by atoms with van der Waals surface area (Å²) in [5.74, 6) is -0.218. The Hall–Kier alpha value is -2.63. The molecule has 2 aromatic rings. The second-order valence-electron chi connectivity index (χ2n) is 5.69. The molecule has 6 heteroatoms. The summed E-state index contributed by atoms with van der Waals surface area (Å²) < 4.78 is 0. The highest BCUT2D eigenvalue weighted by atomic mass is 16.1. The van der Waals surface area contributed by atoms with Gasteiger partial charge in [-0.15, -0.1) is 0 Å². The second-order valence-corrected chi connectivity index (χ2v) is 5.69. The average Bonchev–Trinajstić information content (AvgIpc) is 2.85. The summed E-state index contributed by atoms with van der Waals surface area (Å²) in [4.78, 5) is 22.4. The van der Waals surface area contributed by atoms with E-state index in [0.717, 1.165) is 18.8 Å². The number of hydrogen-bond donors (Lipinski definition) is 2. The number of hydrogen-bond acceptors (Lipinski definition) is 5. The summed E-state index contributed by atoms with van der Waals surface area (Å²) in [5.41, 5.74) is 7.73. The van der Waals surface area contributed by atoms with Crippen LogP contribution in [0.3, 0.4) is 0 Å². The molecule has 2 heterocycles. The molecule has 3 rings (SSSR count). The first-order valence-electron chi connectivity index (χ1n) is 7.97. The van der Waals surface area contributed by atoms with E-state index in [1.807, 2.05) is 24.3 Å². The van der Waals surface area contributed by atoms with E-state index >= 15 is 0 Å². The van der Waals surface area contributed by atoms with E-state index in [-0.39, 0.29) is 17.4 Å². The summed E-state index contributed by atoms with van der Waals surface area (Å²) in [5, 5.41) is 2.80. The molecule has 0 bridgehead atoms. The van der Waals surface area contributed by atoms with Gasteiger partial charge in [0, 0.05) is 36.9 Å². The normalized spacial score (nSPS) is 15.0. The van der Waals surface area contributed by atoms with Gasteiger partial charge in [0.1, 0.15) is 0 Å². The summed E-state index contributed by atoms with van der Waals surface area (Å²) in [6.07, 6.45) is 8.01. The third-order valence-electron chi connectivity index (χ3n) is 4.04. The van der Waals surface area contributed by atoms with Crippen molar-refractivity contribution >= 4 is 23.1 Å². The zero-order valence-electron chi connectivity index (χ0n) is 13.0. The molecule has 1 amide bonds. The van der Waals surface area contributed by atoms with Crippen LogP contribution < -0.4 is 16.0 Å². The van der Waals surface area contributed by atoms with Gasteiger partial charge in [-0.3, -0.25) is 4.79 Å². The molecule has 0 aliphatic carbocycles. The molecule has 1 saturated heterocycles. The molecular formula is C17H21N5O. The minimum atomic E-state index is -0.349. The fourth-order valence-corrected chi connectivity index (χ4v) is 2.80. The van der Waals surface area contributed by atoms with E-state index in [0.29, 0.717) is 0 Å². The van der Waals surface area contributed by atoms with Crippen LogP contribution in [0.4, 0.5) is 17.2 Å². The Morgan fingerprint density at radius 1 is 1.00 bits per heavy atom. The lowest BCUT2D eigenvalue weighted by molar-refractivity contribution is 0.102. The number of nitrogens with one attached hydrogen (secondary N) is 1. The van der Waals surface area contributed by atoms with Crippen molar-refractivity contribution in [3.05, 3.63) is 42.4 Å². The Labute approximate surface area is 135 Å². The van der Waals surface area contributed by atoms with Crippen molar-refractivity contribution in [3.8, 4) is 0 Å². The van der Waals surface area contributed by atoms with Crippen LogP contribution >= 0.6 is 0 Å². The van der Waals surface area contributed by atoms with E-state index in [1.54, 1.807) is 0 Å². The Bertz CT molecular complexity index is 663. The molecule has 23 heavy (non-hydrogen) atoms. The highest BCUT2D eigenvalue weighted by Gasteiger charge is 2.13. The SMILES string of the molecule is Nc1nccnc1C(=O)Nc1ccc(N2CCCCCC2)cc1. The molecule has 1 fully saturated rings. The largest absolute Gasteiger partial charge is 0.382 e. The second kappa shape index (κ2) is 7.09. The Kier molecular flexibility index (Phi) is 4.71. The number of anilines is 3. The smallest absolute Gasteiger partial charge is 0.278 e. The van der Waals surface area contributed by atoms with Crippen molar-refractivity contribution in [2.24, 2.45) is 0 Å². The Balaban J connectivity index is 1.67. The summed E-state index contributed by atoms with van der Waals surface area (Å²) in [6.45, 7) is 2.20. The Morgan fingerprint density at radius 2 is 1.65 bits per heavy atom. The van der Waals surface area contributed by atoms with Gasteiger partial charge in [0.2, 0.25) is 0 Å². The van der Waals surface area contributed by atoms with Crippen LogP contribution in [0.5, 0.6) is 0 Å². The van der Waals surface area contributed by atoms with Crippen LogP contribution in [-0.2, 0) is 0 Å². The molecule has 1 aromatic carbocycles. The third-order valence-corrected chi connectivity index (χ3v) is 4.04. The summed E-state index contributed by atoms with van der Waals surface area (Å²) >= 11 is 0. The van der Waals surface area contributed by atoms with Gasteiger partial charge in [0.05, 0.1) is 0 Å². The van der Waals surface area contributed by atoms with Gasteiger partial charge >= 0.3 is 0 Å². The first-order valence-corrected chi connectivity index (χ1v) is 7.97. The molecule has 0 unspecified atom stereocenters. The third kappa shape index (κ3) is 3.77. The molecule has 0 saturated carbocycles. The molecule has 1 aliphatic rings. The highest BCUT2D eigenvalue weighted by molar-refractivity contribution is 6.05. The molecule has 0 atom stereocenters. The number of amides is 1. The van der Waals surface area contributed by atoms with E-state index in [1.165, 1.54) is 43.8 Å². The fraction of sp³-hybridized carbons (Fsp3) is 0.353. The number of aromatic nitrogens is 2. The number of nitrogens with zero attached hydrogens (tertiary/aromatic N) is 3. The predicted molar refractivity (Wildman–Crippen MR) is 91.5 cm³/mol. The van der Waals surface area contributed by atoms with Gasteiger partial charge in [-0.1, -0.05) is 12.8 Å². The predicted octanol–water partition coefficient (Wildman–Crippen LogP) is 2.69. The van der Waals surface area contributed by atoms with Gasteiger partial charge < -0.3 is 16.0 Å². The van der Waals surface area contributed by atoms with E-state index in [2.05, 4.69) is 20.2 Å². The zero-order chi connectivity index (χ0) is 16.1. The van der Waals surface area contributed by atoms with Crippen molar-refractivity contribution in [1.29, 1.82) is 0 Å². The fourth-order valence-electron chi connectivity index (χ4n) is 2.80. The number of carbonyl (C=O) groups excluding carboxylic acids is 1. The maximum Gasteiger partial charge on any atom is 0.278 e. The lowest BCUT2D eigenvalue weighted by atomic mass is 10.2. The first kappa shape index (κ1) is 15.3. The number of nitrogens with two attached hydrogens (primary N) is 1. The van der Waals surface area contributed by atoms with Gasteiger partial charge in [-0.05, 0) is 37.1 Å². The zero-order valence-corrected chi connectivity index (χ0v) is 13.0. The van der Waals surface area contributed by atoms with Crippen molar-refractivity contribution in [2.75, 3.05) is 29.0 Å². The Morgan fingerprint density at radius 3 is 2.30 bits per heavy atom. The molecule has 1 aliphatic heterocycles. The van der Waals surface area contributed by atoms with Gasteiger partial charge in [-0.25, -0.2) is 9.97 Å². The number of carbonyl (C=O) groups is 1. The summed E-state index contributed by atoms with van der Waals surface area (Å²) in [6, 6.07) is 7.90. The van der Waals surface area contributed by atoms with Crippen LogP contribution in [0.15, 0.2) is 36.7 Å². The molecule has 1 aromatic heterocycles. The number of benzene rings is 1. The van der Waals surface area contributed by atoms with Gasteiger partial charge in [0.25, 0.3) is 5.91 Å². The summed E-state index contributed by atoms with van der Waals surface area (Å²) in [7, 11) is 0. The standard InChI is InChI=1S/C17H21N5O/c18-16-15(19-9-10-20-16)17(23)21-13-5-7-14(8-6-13)22-11-3-1-2-4-12-22/h5-10H,1-4,11-12H2,(H2,18,20)(H,21,23). The van der Waals surface area contributed by atoms with Crippen LogP contribution in [-0.4, -0.2) is 29.0 Å². The van der Waals surface area contributed by atoms with Crippen molar-refractivity contribution in [1.82, 2.24) is 9.97 Å².